The summed E-state index contributed by atoms with van der Waals surface area (Å²) in [5, 5.41) is 153. The van der Waals surface area contributed by atoms with Crippen molar-refractivity contribution in [1.82, 2.24) is 0 Å². The Balaban J connectivity index is 0.903. The van der Waals surface area contributed by atoms with Gasteiger partial charge in [-0.05, 0) is 110 Å². The summed E-state index contributed by atoms with van der Waals surface area (Å²) in [4.78, 5) is 14.8. The van der Waals surface area contributed by atoms with E-state index in [1.165, 1.54) is 5.57 Å². The number of fused-ring (bicyclic) bond motifs is 7. The Bertz CT molecular complexity index is 2290. The van der Waals surface area contributed by atoms with Crippen molar-refractivity contribution in [2.45, 2.75) is 261 Å². The molecule has 5 aliphatic carbocycles. The zero-order valence-electron chi connectivity index (χ0n) is 48.1. The number of rotatable bonds is 11. The summed E-state index contributed by atoms with van der Waals surface area (Å²) < 4.78 is 59.8. The summed E-state index contributed by atoms with van der Waals surface area (Å²) in [6.45, 7) is 14.8. The molecule has 0 aromatic heterocycles. The maximum absolute atomic E-state index is 14.8. The molecule has 10 aliphatic rings. The number of esters is 1. The van der Waals surface area contributed by atoms with Crippen LogP contribution < -0.4 is 0 Å². The van der Waals surface area contributed by atoms with E-state index in [1.54, 1.807) is 6.92 Å². The van der Waals surface area contributed by atoms with Gasteiger partial charge in [-0.15, -0.1) is 0 Å². The topological polar surface area (TPSA) is 393 Å². The number of carbonyl (C=O) groups excluding carboxylic acids is 1. The second kappa shape index (κ2) is 23.0. The number of aliphatic hydroxyl groups excluding tert-OH is 14. The Labute approximate surface area is 477 Å². The fraction of sp³-hybridized carbons (Fsp3) is 0.947. The molecular formula is C57H92O25. The van der Waals surface area contributed by atoms with Crippen LogP contribution in [0.15, 0.2) is 11.6 Å². The quantitative estimate of drug-likeness (QED) is 0.0588. The number of allylic oxidation sites excluding steroid dienone is 2. The maximum atomic E-state index is 14.8. The average molecular weight is 1180 g/mol. The van der Waals surface area contributed by atoms with Gasteiger partial charge >= 0.3 is 5.97 Å². The molecule has 4 saturated carbocycles. The lowest BCUT2D eigenvalue weighted by Crippen LogP contribution is -2.69. The average Bonchev–Trinajstić information content (AvgIpc) is 1.19. The molecule has 0 radical (unpaired) electrons. The van der Waals surface area contributed by atoms with E-state index in [1.807, 2.05) is 13.8 Å². The first-order valence-corrected chi connectivity index (χ1v) is 29.5. The molecule has 25 nitrogen and oxygen atoms in total. The molecule has 14 N–H and O–H groups in total. The molecule has 5 aliphatic heterocycles. The van der Waals surface area contributed by atoms with Gasteiger partial charge in [0.15, 0.2) is 25.2 Å². The molecule has 0 bridgehead atoms. The first kappa shape index (κ1) is 63.3. The predicted molar refractivity (Wildman–Crippen MR) is 277 cm³/mol. The third-order valence-corrected chi connectivity index (χ3v) is 22.3. The van der Waals surface area contributed by atoms with Crippen LogP contribution in [0.5, 0.6) is 0 Å². The molecule has 9 fully saturated rings. The van der Waals surface area contributed by atoms with Crippen molar-refractivity contribution >= 4 is 5.97 Å². The molecular weight excluding hydrogens is 1080 g/mol. The summed E-state index contributed by atoms with van der Waals surface area (Å²) in [6, 6.07) is 0. The minimum absolute atomic E-state index is 0.0323. The predicted octanol–water partition coefficient (Wildman–Crippen LogP) is -2.30. The van der Waals surface area contributed by atoms with Crippen molar-refractivity contribution < 1.29 is 124 Å². The van der Waals surface area contributed by atoms with E-state index < -0.39 is 201 Å². The second-order valence-electron chi connectivity index (χ2n) is 27.9. The Morgan fingerprint density at radius 3 is 1.77 bits per heavy atom. The van der Waals surface area contributed by atoms with Gasteiger partial charge in [-0.2, -0.15) is 0 Å². The van der Waals surface area contributed by atoms with Crippen LogP contribution in [0.2, 0.25) is 0 Å². The molecule has 5 saturated heterocycles. The van der Waals surface area contributed by atoms with Crippen molar-refractivity contribution in [3.63, 3.8) is 0 Å². The van der Waals surface area contributed by atoms with Crippen LogP contribution in [0.1, 0.15) is 113 Å². The third-order valence-electron chi connectivity index (χ3n) is 22.3. The van der Waals surface area contributed by atoms with Gasteiger partial charge in [-0.1, -0.05) is 60.1 Å². The van der Waals surface area contributed by atoms with E-state index in [2.05, 4.69) is 40.7 Å². The van der Waals surface area contributed by atoms with E-state index in [-0.39, 0.29) is 35.0 Å². The smallest absolute Gasteiger partial charge is 0.315 e. The minimum atomic E-state index is -1.93. The van der Waals surface area contributed by atoms with Gasteiger partial charge in [-0.25, -0.2) is 0 Å². The Hall–Kier alpha value is -1.71. The summed E-state index contributed by atoms with van der Waals surface area (Å²) in [6.07, 6.45) is -29.2. The molecule has 31 unspecified atom stereocenters. The molecule has 25 heteroatoms. The highest BCUT2D eigenvalue weighted by Crippen LogP contribution is 2.76. The monoisotopic (exact) mass is 1180 g/mol. The molecule has 0 aromatic rings. The van der Waals surface area contributed by atoms with Gasteiger partial charge in [0.05, 0.1) is 50.2 Å². The van der Waals surface area contributed by atoms with Crippen LogP contribution >= 0.6 is 0 Å². The van der Waals surface area contributed by atoms with Crippen molar-refractivity contribution in [3.05, 3.63) is 11.6 Å². The summed E-state index contributed by atoms with van der Waals surface area (Å²) >= 11 is 0. The number of hydrogen-bond donors (Lipinski definition) is 14. The number of carbonyl (C=O) groups is 1. The normalized spacial score (nSPS) is 54.8. The van der Waals surface area contributed by atoms with Gasteiger partial charge in [0, 0.05) is 0 Å². The maximum Gasteiger partial charge on any atom is 0.315 e. The lowest BCUT2D eigenvalue weighted by atomic mass is 9.33. The van der Waals surface area contributed by atoms with E-state index >= 15 is 0 Å². The highest BCUT2D eigenvalue weighted by Gasteiger charge is 2.71. The van der Waals surface area contributed by atoms with Gasteiger partial charge in [0.25, 0.3) is 0 Å². The lowest BCUT2D eigenvalue weighted by Gasteiger charge is -2.71. The van der Waals surface area contributed by atoms with Crippen molar-refractivity contribution in [1.29, 1.82) is 0 Å². The van der Waals surface area contributed by atoms with E-state index in [9.17, 15) is 76.3 Å². The first-order chi connectivity index (χ1) is 38.3. The molecule has 5 heterocycles. The van der Waals surface area contributed by atoms with Crippen molar-refractivity contribution in [2.75, 3.05) is 26.4 Å². The van der Waals surface area contributed by atoms with Gasteiger partial charge < -0.3 is 119 Å². The minimum Gasteiger partial charge on any atom is -0.432 e. The van der Waals surface area contributed by atoms with E-state index in [0.29, 0.717) is 32.1 Å². The third kappa shape index (κ3) is 10.5. The Kier molecular flexibility index (Phi) is 17.8. The largest absolute Gasteiger partial charge is 0.432 e. The van der Waals surface area contributed by atoms with Crippen molar-refractivity contribution in [2.24, 2.45) is 50.2 Å². The lowest BCUT2D eigenvalue weighted by molar-refractivity contribution is -0.394. The van der Waals surface area contributed by atoms with Gasteiger partial charge in [0.1, 0.15) is 97.7 Å². The number of ether oxygens (including phenoxy) is 10. The van der Waals surface area contributed by atoms with Gasteiger partial charge in [0.2, 0.25) is 6.29 Å². The molecule has 0 spiro atoms. The summed E-state index contributed by atoms with van der Waals surface area (Å²) in [5.74, 6) is -0.742. The van der Waals surface area contributed by atoms with Crippen LogP contribution in [-0.4, -0.2) is 251 Å². The fourth-order valence-corrected chi connectivity index (χ4v) is 17.2. The Morgan fingerprint density at radius 1 is 0.561 bits per heavy atom. The summed E-state index contributed by atoms with van der Waals surface area (Å²) in [7, 11) is 0. The zero-order valence-corrected chi connectivity index (χ0v) is 48.1. The van der Waals surface area contributed by atoms with Gasteiger partial charge in [-0.3, -0.25) is 4.79 Å². The highest BCUT2D eigenvalue weighted by atomic mass is 16.8. The highest BCUT2D eigenvalue weighted by molar-refractivity contribution is 5.79. The first-order valence-electron chi connectivity index (χ1n) is 29.5. The molecule has 10 rings (SSSR count). The van der Waals surface area contributed by atoms with E-state index in [0.717, 1.165) is 19.3 Å². The summed E-state index contributed by atoms with van der Waals surface area (Å²) in [5.41, 5.74) is -1.89. The molecule has 0 aromatic carbocycles. The Morgan fingerprint density at radius 2 is 1.13 bits per heavy atom. The van der Waals surface area contributed by atoms with Crippen LogP contribution in [-0.2, 0) is 52.2 Å². The molecule has 470 valence electrons. The molecule has 0 amide bonds. The standard InChI is InChI=1S/C57H92O25/c1-23-33(62)37(66)41(70)49(76-23)82-51(72)57-15-13-52(2,3)17-25(57)24-9-10-32-54(6)18-26(59)45(53(4,5)31(54)11-12-56(32,8)55(24,7)14-16-57)81-50-44(42(71)43(29(19-58)77-50)79-47-39(68)35(64)28(61)21-74-47)80-48-40(69)36(65)30(22-75-48)78-46-38(67)34(63)27(60)20-73-46/h9,23,25-50,58-71H,10-22H2,1-8H3. The number of aliphatic hydroxyl groups is 14. The fourth-order valence-electron chi connectivity index (χ4n) is 17.2. The molecule has 82 heavy (non-hydrogen) atoms. The van der Waals surface area contributed by atoms with Crippen LogP contribution in [0, 0.1) is 50.2 Å². The molecule has 31 atom stereocenters. The van der Waals surface area contributed by atoms with Crippen LogP contribution in [0.25, 0.3) is 0 Å². The van der Waals surface area contributed by atoms with Crippen molar-refractivity contribution in [3.8, 4) is 0 Å². The SMILES string of the molecule is CC1OC(OC(=O)C23CCC(C)(C)CC2C2=CCC4C5(C)CC(O)C(OC6OC(CO)C(OC7OCC(O)C(O)C7O)C(O)C6OC6OCC(OC7OCC(O)C(O)C7O)C(O)C6O)C(C)(C)C5CCC4(C)C2(C)CC3)C(O)C(O)C1O. The van der Waals surface area contributed by atoms with Crippen LogP contribution in [0.3, 0.4) is 0 Å². The van der Waals surface area contributed by atoms with E-state index in [4.69, 9.17) is 47.4 Å². The zero-order chi connectivity index (χ0) is 59.7. The second-order valence-corrected chi connectivity index (χ2v) is 27.9. The number of hydrogen-bond acceptors (Lipinski definition) is 25. The van der Waals surface area contributed by atoms with Crippen LogP contribution in [0.4, 0.5) is 0 Å².